The van der Waals surface area contributed by atoms with E-state index in [4.69, 9.17) is 5.73 Å². The second-order valence-electron chi connectivity index (χ2n) is 3.97. The van der Waals surface area contributed by atoms with Crippen molar-refractivity contribution in [2.75, 3.05) is 0 Å². The largest absolute Gasteiger partial charge is 0.389 e. The van der Waals surface area contributed by atoms with Gasteiger partial charge in [0.15, 0.2) is 0 Å². The summed E-state index contributed by atoms with van der Waals surface area (Å²) in [6, 6.07) is 7.17. The summed E-state index contributed by atoms with van der Waals surface area (Å²) in [7, 11) is 0. The van der Waals surface area contributed by atoms with E-state index in [1.807, 2.05) is 6.07 Å². The van der Waals surface area contributed by atoms with Crippen LogP contribution in [0.3, 0.4) is 0 Å². The van der Waals surface area contributed by atoms with Crippen LogP contribution in [0.4, 0.5) is 0 Å². The molecule has 1 aromatic heterocycles. The molecule has 2 unspecified atom stereocenters. The number of carbonyl (C=O) groups excluding carboxylic acids is 1. The molecule has 2 rings (SSSR count). The molecule has 2 aromatic rings. The van der Waals surface area contributed by atoms with Crippen molar-refractivity contribution in [2.45, 2.75) is 18.6 Å². The van der Waals surface area contributed by atoms with Gasteiger partial charge in [-0.1, -0.05) is 12.1 Å². The quantitative estimate of drug-likeness (QED) is 0.699. The fourth-order valence-electron chi connectivity index (χ4n) is 1.63. The number of para-hydroxylation sites is 2. The lowest BCUT2D eigenvalue weighted by Crippen LogP contribution is -2.26. The first-order chi connectivity index (χ1) is 8.58. The number of benzene rings is 1. The molecule has 6 nitrogen and oxygen atoms in total. The molecule has 1 aromatic carbocycles. The Hall–Kier alpha value is -2.05. The maximum Gasteiger partial charge on any atom is 0.220 e. The molecule has 18 heavy (non-hydrogen) atoms. The second-order valence-corrected chi connectivity index (χ2v) is 3.97. The summed E-state index contributed by atoms with van der Waals surface area (Å²) in [4.78, 5) is 19.0. The van der Waals surface area contributed by atoms with Crippen LogP contribution in [-0.2, 0) is 4.79 Å². The molecule has 6 heteroatoms. The fraction of sp³-hybridized carbons (Fsp3) is 0.250. The summed E-state index contributed by atoms with van der Waals surface area (Å²) in [6.45, 7) is 0. The third kappa shape index (κ3) is 2.61. The molecular weight excluding hydrogens is 234 g/mol. The van der Waals surface area contributed by atoms with Gasteiger partial charge in [-0.05, 0) is 12.1 Å². The Kier molecular flexibility index (Phi) is 3.50. The van der Waals surface area contributed by atoms with Crippen molar-refractivity contribution < 1.29 is 15.0 Å². The standard InChI is InChI=1S/C12H13N3O3/c13-11(17)5-10(16)12(18)9-6-14-7-3-1-2-4-8(7)15-9/h1-4,6,10,12,16,18H,5H2,(H2,13,17). The molecule has 94 valence electrons. The number of nitrogens with two attached hydrogens (primary N) is 1. The minimum Gasteiger partial charge on any atom is -0.389 e. The average Bonchev–Trinajstić information content (AvgIpc) is 2.36. The molecule has 0 aliphatic carbocycles. The van der Waals surface area contributed by atoms with Crippen molar-refractivity contribution in [2.24, 2.45) is 5.73 Å². The summed E-state index contributed by atoms with van der Waals surface area (Å²) in [5, 5.41) is 19.4. The number of hydrogen-bond donors (Lipinski definition) is 3. The van der Waals surface area contributed by atoms with Gasteiger partial charge < -0.3 is 15.9 Å². The molecule has 0 aliphatic rings. The van der Waals surface area contributed by atoms with E-state index in [1.54, 1.807) is 18.2 Å². The Balaban J connectivity index is 2.27. The Bertz CT molecular complexity index is 573. The Labute approximate surface area is 103 Å². The van der Waals surface area contributed by atoms with Gasteiger partial charge >= 0.3 is 0 Å². The molecule has 0 saturated carbocycles. The SMILES string of the molecule is NC(=O)CC(O)C(O)c1cnc2ccccc2n1. The van der Waals surface area contributed by atoms with Crippen LogP contribution >= 0.6 is 0 Å². The first-order valence-corrected chi connectivity index (χ1v) is 5.44. The zero-order valence-electron chi connectivity index (χ0n) is 9.52. The number of aromatic nitrogens is 2. The molecule has 0 spiro atoms. The normalized spacial score (nSPS) is 14.3. The number of primary amides is 1. The predicted octanol–water partition coefficient (Wildman–Crippen LogP) is -0.101. The summed E-state index contributed by atoms with van der Waals surface area (Å²) in [6.07, 6.45) is -1.51. The molecule has 0 bridgehead atoms. The number of aliphatic hydroxyl groups excluding tert-OH is 2. The molecule has 0 aliphatic heterocycles. The van der Waals surface area contributed by atoms with Crippen LogP contribution in [-0.4, -0.2) is 32.2 Å². The summed E-state index contributed by atoms with van der Waals surface area (Å²) in [5.74, 6) is -0.685. The molecule has 0 radical (unpaired) electrons. The number of amides is 1. The maximum atomic E-state index is 10.7. The van der Waals surface area contributed by atoms with Crippen molar-refractivity contribution >= 4 is 16.9 Å². The Morgan fingerprint density at radius 2 is 1.94 bits per heavy atom. The first kappa shape index (κ1) is 12.4. The first-order valence-electron chi connectivity index (χ1n) is 5.44. The van der Waals surface area contributed by atoms with Crippen LogP contribution in [0.25, 0.3) is 11.0 Å². The maximum absolute atomic E-state index is 10.7. The van der Waals surface area contributed by atoms with E-state index in [0.717, 1.165) is 0 Å². The van der Waals surface area contributed by atoms with E-state index in [9.17, 15) is 15.0 Å². The number of nitrogens with zero attached hydrogens (tertiary/aromatic N) is 2. The highest BCUT2D eigenvalue weighted by Gasteiger charge is 2.22. The smallest absolute Gasteiger partial charge is 0.220 e. The Morgan fingerprint density at radius 3 is 2.61 bits per heavy atom. The molecule has 0 fully saturated rings. The van der Waals surface area contributed by atoms with Gasteiger partial charge in [-0.3, -0.25) is 9.78 Å². The molecule has 1 heterocycles. The van der Waals surface area contributed by atoms with Crippen LogP contribution in [0.1, 0.15) is 18.2 Å². The van der Waals surface area contributed by atoms with Gasteiger partial charge in [-0.2, -0.15) is 0 Å². The lowest BCUT2D eigenvalue weighted by atomic mass is 10.1. The Morgan fingerprint density at radius 1 is 1.28 bits per heavy atom. The van der Waals surface area contributed by atoms with Crippen molar-refractivity contribution in [3.63, 3.8) is 0 Å². The average molecular weight is 247 g/mol. The van der Waals surface area contributed by atoms with Gasteiger partial charge in [-0.25, -0.2) is 4.98 Å². The molecule has 0 saturated heterocycles. The van der Waals surface area contributed by atoms with Crippen LogP contribution in [0.2, 0.25) is 0 Å². The van der Waals surface area contributed by atoms with Gasteiger partial charge in [0.05, 0.1) is 35.4 Å². The molecular formula is C12H13N3O3. The highest BCUT2D eigenvalue weighted by Crippen LogP contribution is 2.18. The minimum atomic E-state index is -1.28. The highest BCUT2D eigenvalue weighted by molar-refractivity contribution is 5.75. The van der Waals surface area contributed by atoms with Gasteiger partial charge in [0.1, 0.15) is 6.10 Å². The fourth-order valence-corrected chi connectivity index (χ4v) is 1.63. The zero-order valence-corrected chi connectivity index (χ0v) is 9.52. The van der Waals surface area contributed by atoms with E-state index in [0.29, 0.717) is 11.0 Å². The molecule has 2 atom stereocenters. The van der Waals surface area contributed by atoms with Gasteiger partial charge in [-0.15, -0.1) is 0 Å². The number of aliphatic hydroxyl groups is 2. The van der Waals surface area contributed by atoms with Crippen LogP contribution < -0.4 is 5.73 Å². The summed E-state index contributed by atoms with van der Waals surface area (Å²) in [5.41, 5.74) is 6.47. The van der Waals surface area contributed by atoms with Crippen molar-refractivity contribution in [1.82, 2.24) is 9.97 Å². The summed E-state index contributed by atoms with van der Waals surface area (Å²) < 4.78 is 0. The lowest BCUT2D eigenvalue weighted by Gasteiger charge is -2.15. The number of carbonyl (C=O) groups is 1. The van der Waals surface area contributed by atoms with E-state index in [1.165, 1.54) is 6.20 Å². The topological polar surface area (TPSA) is 109 Å². The van der Waals surface area contributed by atoms with E-state index in [2.05, 4.69) is 9.97 Å². The highest BCUT2D eigenvalue weighted by atomic mass is 16.3. The molecule has 1 amide bonds. The van der Waals surface area contributed by atoms with Crippen LogP contribution in [0.5, 0.6) is 0 Å². The monoisotopic (exact) mass is 247 g/mol. The van der Waals surface area contributed by atoms with Gasteiger partial charge in [0.25, 0.3) is 0 Å². The number of fused-ring (bicyclic) bond motifs is 1. The summed E-state index contributed by atoms with van der Waals surface area (Å²) >= 11 is 0. The zero-order chi connectivity index (χ0) is 13.1. The van der Waals surface area contributed by atoms with Gasteiger partial charge in [0.2, 0.25) is 5.91 Å². The van der Waals surface area contributed by atoms with Crippen molar-refractivity contribution in [3.05, 3.63) is 36.2 Å². The molecule has 4 N–H and O–H groups in total. The van der Waals surface area contributed by atoms with E-state index in [-0.39, 0.29) is 12.1 Å². The second kappa shape index (κ2) is 5.07. The van der Waals surface area contributed by atoms with E-state index >= 15 is 0 Å². The third-order valence-electron chi connectivity index (χ3n) is 2.55. The minimum absolute atomic E-state index is 0.211. The third-order valence-corrected chi connectivity index (χ3v) is 2.55. The van der Waals surface area contributed by atoms with Crippen LogP contribution in [0, 0.1) is 0 Å². The van der Waals surface area contributed by atoms with Crippen molar-refractivity contribution in [1.29, 1.82) is 0 Å². The van der Waals surface area contributed by atoms with E-state index < -0.39 is 18.1 Å². The lowest BCUT2D eigenvalue weighted by molar-refractivity contribution is -0.121. The predicted molar refractivity (Wildman–Crippen MR) is 64.3 cm³/mol. The van der Waals surface area contributed by atoms with Gasteiger partial charge in [0, 0.05) is 0 Å². The number of rotatable bonds is 4. The van der Waals surface area contributed by atoms with Crippen LogP contribution in [0.15, 0.2) is 30.5 Å². The van der Waals surface area contributed by atoms with Crippen molar-refractivity contribution in [3.8, 4) is 0 Å². The number of hydrogen-bond acceptors (Lipinski definition) is 5.